The molecule has 0 aromatic heterocycles. The van der Waals surface area contributed by atoms with Crippen LogP contribution < -0.4 is 10.1 Å². The van der Waals surface area contributed by atoms with Crippen LogP contribution in [0.15, 0.2) is 48.5 Å². The first-order valence-corrected chi connectivity index (χ1v) is 7.75. The maximum atomic E-state index is 11.8. The molecule has 1 N–H and O–H groups in total. The van der Waals surface area contributed by atoms with E-state index >= 15 is 0 Å². The molecule has 0 unspecified atom stereocenters. The minimum atomic E-state index is -0.310. The number of benzene rings is 2. The number of ether oxygens (including phenoxy) is 2. The van der Waals surface area contributed by atoms with Gasteiger partial charge in [0.25, 0.3) is 0 Å². The molecule has 5 nitrogen and oxygen atoms in total. The molecule has 126 valence electrons. The summed E-state index contributed by atoms with van der Waals surface area (Å²) in [4.78, 5) is 22.8. The Hall–Kier alpha value is -2.82. The van der Waals surface area contributed by atoms with Gasteiger partial charge in [0.15, 0.2) is 0 Å². The van der Waals surface area contributed by atoms with Crippen molar-refractivity contribution < 1.29 is 19.1 Å². The standard InChI is InChI=1S/C19H21NO4/c1-14-5-3-4-6-18(14)23-11-12-24-19(22)13-16-7-9-17(10-8-16)20-15(2)21/h3-10H,11-13H2,1-2H3,(H,20,21). The predicted molar refractivity (Wildman–Crippen MR) is 92.1 cm³/mol. The summed E-state index contributed by atoms with van der Waals surface area (Å²) in [7, 11) is 0. The molecule has 0 radical (unpaired) electrons. The fraction of sp³-hybridized carbons (Fsp3) is 0.263. The maximum Gasteiger partial charge on any atom is 0.310 e. The summed E-state index contributed by atoms with van der Waals surface area (Å²) in [6.07, 6.45) is 0.185. The molecule has 0 saturated carbocycles. The molecule has 0 aliphatic heterocycles. The number of aryl methyl sites for hydroxylation is 1. The highest BCUT2D eigenvalue weighted by molar-refractivity contribution is 5.88. The molecule has 2 aromatic carbocycles. The SMILES string of the molecule is CC(=O)Nc1ccc(CC(=O)OCCOc2ccccc2C)cc1. The molecule has 0 fully saturated rings. The van der Waals surface area contributed by atoms with Crippen LogP contribution in [-0.2, 0) is 20.7 Å². The average Bonchev–Trinajstić information content (AvgIpc) is 2.54. The Morgan fingerprint density at radius 2 is 1.71 bits per heavy atom. The Labute approximate surface area is 141 Å². The molecule has 0 heterocycles. The van der Waals surface area contributed by atoms with Gasteiger partial charge in [-0.3, -0.25) is 9.59 Å². The first-order valence-electron chi connectivity index (χ1n) is 7.75. The van der Waals surface area contributed by atoms with E-state index in [0.717, 1.165) is 16.9 Å². The topological polar surface area (TPSA) is 64.6 Å². The summed E-state index contributed by atoms with van der Waals surface area (Å²) < 4.78 is 10.7. The lowest BCUT2D eigenvalue weighted by atomic mass is 10.1. The monoisotopic (exact) mass is 327 g/mol. The van der Waals surface area contributed by atoms with Crippen molar-refractivity contribution in [1.29, 1.82) is 0 Å². The van der Waals surface area contributed by atoms with Crippen LogP contribution in [0, 0.1) is 6.92 Å². The van der Waals surface area contributed by atoms with Gasteiger partial charge in [0.05, 0.1) is 6.42 Å². The first-order chi connectivity index (χ1) is 11.5. The zero-order valence-electron chi connectivity index (χ0n) is 13.9. The van der Waals surface area contributed by atoms with Crippen LogP contribution in [0.4, 0.5) is 5.69 Å². The molecule has 0 atom stereocenters. The molecule has 5 heteroatoms. The molecule has 0 spiro atoms. The van der Waals surface area contributed by atoms with Crippen molar-refractivity contribution in [2.75, 3.05) is 18.5 Å². The molecule has 2 rings (SSSR count). The smallest absolute Gasteiger partial charge is 0.310 e. The van der Waals surface area contributed by atoms with Crippen molar-refractivity contribution in [3.63, 3.8) is 0 Å². The van der Waals surface area contributed by atoms with Gasteiger partial charge in [0.1, 0.15) is 19.0 Å². The number of carbonyl (C=O) groups excluding carboxylic acids is 2. The normalized spacial score (nSPS) is 10.1. The van der Waals surface area contributed by atoms with Crippen LogP contribution in [0.5, 0.6) is 5.75 Å². The minimum Gasteiger partial charge on any atom is -0.490 e. The van der Waals surface area contributed by atoms with Gasteiger partial charge in [0.2, 0.25) is 5.91 Å². The van der Waals surface area contributed by atoms with Crippen molar-refractivity contribution in [3.05, 3.63) is 59.7 Å². The summed E-state index contributed by atoms with van der Waals surface area (Å²) in [5.41, 5.74) is 2.57. The molecular formula is C19H21NO4. The third kappa shape index (κ3) is 5.76. The number of anilines is 1. The van der Waals surface area contributed by atoms with E-state index in [4.69, 9.17) is 9.47 Å². The van der Waals surface area contributed by atoms with Crippen molar-refractivity contribution in [2.24, 2.45) is 0 Å². The second kappa shape index (κ2) is 8.72. The van der Waals surface area contributed by atoms with Gasteiger partial charge in [-0.05, 0) is 36.2 Å². The number of carbonyl (C=O) groups is 2. The summed E-state index contributed by atoms with van der Waals surface area (Å²) in [6.45, 7) is 3.94. The fourth-order valence-electron chi connectivity index (χ4n) is 2.15. The van der Waals surface area contributed by atoms with E-state index in [9.17, 15) is 9.59 Å². The van der Waals surface area contributed by atoms with Crippen molar-refractivity contribution in [2.45, 2.75) is 20.3 Å². The van der Waals surface area contributed by atoms with E-state index in [1.165, 1.54) is 6.92 Å². The zero-order chi connectivity index (χ0) is 17.4. The number of esters is 1. The summed E-state index contributed by atoms with van der Waals surface area (Å²) in [5, 5.41) is 2.68. The van der Waals surface area contributed by atoms with Crippen LogP contribution in [-0.4, -0.2) is 25.1 Å². The van der Waals surface area contributed by atoms with E-state index in [1.807, 2.05) is 31.2 Å². The van der Waals surface area contributed by atoms with E-state index in [1.54, 1.807) is 24.3 Å². The molecule has 0 bridgehead atoms. The van der Waals surface area contributed by atoms with Crippen molar-refractivity contribution >= 4 is 17.6 Å². The number of rotatable bonds is 7. The fourth-order valence-corrected chi connectivity index (χ4v) is 2.15. The third-order valence-electron chi connectivity index (χ3n) is 3.32. The molecular weight excluding hydrogens is 306 g/mol. The molecule has 0 aliphatic rings. The first kappa shape index (κ1) is 17.5. The quantitative estimate of drug-likeness (QED) is 0.627. The van der Waals surface area contributed by atoms with Gasteiger partial charge in [-0.15, -0.1) is 0 Å². The Bertz CT molecular complexity index is 695. The van der Waals surface area contributed by atoms with E-state index in [-0.39, 0.29) is 24.9 Å². The van der Waals surface area contributed by atoms with Gasteiger partial charge >= 0.3 is 5.97 Å². The number of nitrogens with one attached hydrogen (secondary N) is 1. The average molecular weight is 327 g/mol. The van der Waals surface area contributed by atoms with Crippen LogP contribution in [0.2, 0.25) is 0 Å². The Balaban J connectivity index is 1.71. The van der Waals surface area contributed by atoms with Crippen molar-refractivity contribution in [1.82, 2.24) is 0 Å². The van der Waals surface area contributed by atoms with E-state index < -0.39 is 0 Å². The molecule has 0 saturated heterocycles. The summed E-state index contributed by atoms with van der Waals surface area (Å²) in [6, 6.07) is 14.8. The number of para-hydroxylation sites is 1. The number of hydrogen-bond acceptors (Lipinski definition) is 4. The lowest BCUT2D eigenvalue weighted by Crippen LogP contribution is -2.14. The van der Waals surface area contributed by atoms with Gasteiger partial charge in [-0.25, -0.2) is 0 Å². The summed E-state index contributed by atoms with van der Waals surface area (Å²) in [5.74, 6) is 0.355. The van der Waals surface area contributed by atoms with Crippen LogP contribution in [0.1, 0.15) is 18.1 Å². The van der Waals surface area contributed by atoms with Crippen LogP contribution in [0.3, 0.4) is 0 Å². The highest BCUT2D eigenvalue weighted by Crippen LogP contribution is 2.15. The Morgan fingerprint density at radius 1 is 1.00 bits per heavy atom. The van der Waals surface area contributed by atoms with Gasteiger partial charge in [-0.2, -0.15) is 0 Å². The maximum absolute atomic E-state index is 11.8. The Morgan fingerprint density at radius 3 is 2.38 bits per heavy atom. The molecule has 2 aromatic rings. The number of hydrogen-bond donors (Lipinski definition) is 1. The Kier molecular flexibility index (Phi) is 6.37. The second-order valence-corrected chi connectivity index (χ2v) is 5.39. The third-order valence-corrected chi connectivity index (χ3v) is 3.32. The summed E-state index contributed by atoms with van der Waals surface area (Å²) >= 11 is 0. The zero-order valence-corrected chi connectivity index (χ0v) is 13.9. The van der Waals surface area contributed by atoms with Crippen molar-refractivity contribution in [3.8, 4) is 5.75 Å². The molecule has 1 amide bonds. The lowest BCUT2D eigenvalue weighted by molar-refractivity contribution is -0.143. The van der Waals surface area contributed by atoms with Crippen LogP contribution >= 0.6 is 0 Å². The minimum absolute atomic E-state index is 0.129. The highest BCUT2D eigenvalue weighted by Gasteiger charge is 2.06. The van der Waals surface area contributed by atoms with E-state index in [2.05, 4.69) is 5.32 Å². The van der Waals surface area contributed by atoms with Crippen LogP contribution in [0.25, 0.3) is 0 Å². The van der Waals surface area contributed by atoms with Gasteiger partial charge in [-0.1, -0.05) is 30.3 Å². The largest absolute Gasteiger partial charge is 0.490 e. The van der Waals surface area contributed by atoms with Gasteiger partial charge < -0.3 is 14.8 Å². The van der Waals surface area contributed by atoms with Gasteiger partial charge in [0, 0.05) is 12.6 Å². The molecule has 0 aliphatic carbocycles. The lowest BCUT2D eigenvalue weighted by Gasteiger charge is -2.09. The second-order valence-electron chi connectivity index (χ2n) is 5.39. The molecule has 24 heavy (non-hydrogen) atoms. The van der Waals surface area contributed by atoms with E-state index in [0.29, 0.717) is 12.3 Å². The highest BCUT2D eigenvalue weighted by atomic mass is 16.6. The number of amides is 1. The predicted octanol–water partition coefficient (Wildman–Crippen LogP) is 3.12.